The first kappa shape index (κ1) is 13.0. The Morgan fingerprint density at radius 1 is 1.21 bits per heavy atom. The molecule has 0 heterocycles. The Morgan fingerprint density at radius 2 is 1.95 bits per heavy atom. The Labute approximate surface area is 119 Å². The topological polar surface area (TPSA) is 35.8 Å². The third-order valence-electron chi connectivity index (χ3n) is 3.95. The van der Waals surface area contributed by atoms with E-state index >= 15 is 0 Å². The zero-order valence-electron chi connectivity index (χ0n) is 11.1. The van der Waals surface area contributed by atoms with Gasteiger partial charge in [-0.3, -0.25) is 5.32 Å². The summed E-state index contributed by atoms with van der Waals surface area (Å²) in [4.78, 5) is 0. The normalized spacial score (nSPS) is 21.6. The molecule has 2 nitrogen and oxygen atoms in total. The molecule has 2 aliphatic rings. The molecule has 1 aromatic carbocycles. The van der Waals surface area contributed by atoms with E-state index in [-0.39, 0.29) is 5.54 Å². The fourth-order valence-electron chi connectivity index (χ4n) is 2.51. The Kier molecular flexibility index (Phi) is 3.81. The first-order chi connectivity index (χ1) is 9.32. The smallest absolute Gasteiger partial charge is 0.118 e. The molecule has 2 saturated carbocycles. The lowest BCUT2D eigenvalue weighted by molar-refractivity contribution is 0.401. The number of benzene rings is 1. The summed E-state index contributed by atoms with van der Waals surface area (Å²) >= 11 is 1.89. The minimum absolute atomic E-state index is 0.263. The van der Waals surface area contributed by atoms with Crippen LogP contribution in [0.1, 0.15) is 31.2 Å². The molecule has 0 radical (unpaired) electrons. The molecular formula is C16H20N2S. The highest BCUT2D eigenvalue weighted by Gasteiger charge is 2.47. The van der Waals surface area contributed by atoms with Crippen LogP contribution in [0.5, 0.6) is 0 Å². The fourth-order valence-corrected chi connectivity index (χ4v) is 3.74. The van der Waals surface area contributed by atoms with Crippen molar-refractivity contribution in [2.45, 2.75) is 43.0 Å². The maximum absolute atomic E-state index is 9.63. The van der Waals surface area contributed by atoms with Crippen molar-refractivity contribution in [3.63, 3.8) is 0 Å². The van der Waals surface area contributed by atoms with Gasteiger partial charge >= 0.3 is 0 Å². The number of rotatable bonds is 7. The van der Waals surface area contributed by atoms with Crippen LogP contribution in [0.3, 0.4) is 0 Å². The van der Waals surface area contributed by atoms with Crippen LogP contribution in [0.25, 0.3) is 0 Å². The highest BCUT2D eigenvalue weighted by molar-refractivity contribution is 7.98. The highest BCUT2D eigenvalue weighted by Crippen LogP contribution is 2.43. The average Bonchev–Trinajstić information content (AvgIpc) is 3.31. The summed E-state index contributed by atoms with van der Waals surface area (Å²) < 4.78 is 0. The molecule has 3 rings (SSSR count). The number of thioether (sulfide) groups is 1. The van der Waals surface area contributed by atoms with E-state index in [4.69, 9.17) is 0 Å². The predicted octanol–water partition coefficient (Wildman–Crippen LogP) is 3.34. The monoisotopic (exact) mass is 272 g/mol. The van der Waals surface area contributed by atoms with Crippen LogP contribution in [0, 0.1) is 17.2 Å². The minimum atomic E-state index is -0.263. The van der Waals surface area contributed by atoms with Crippen molar-refractivity contribution in [1.82, 2.24) is 5.32 Å². The Morgan fingerprint density at radius 3 is 2.53 bits per heavy atom. The van der Waals surface area contributed by atoms with Gasteiger partial charge in [-0.1, -0.05) is 30.3 Å². The number of nitrogens with zero attached hydrogens (tertiary/aromatic N) is 1. The van der Waals surface area contributed by atoms with Crippen molar-refractivity contribution < 1.29 is 0 Å². The summed E-state index contributed by atoms with van der Waals surface area (Å²) in [5, 5.41) is 13.3. The third-order valence-corrected chi connectivity index (χ3v) is 5.15. The van der Waals surface area contributed by atoms with Crippen LogP contribution in [0.2, 0.25) is 0 Å². The van der Waals surface area contributed by atoms with Crippen LogP contribution in [0.4, 0.5) is 0 Å². The zero-order valence-corrected chi connectivity index (χ0v) is 12.0. The summed E-state index contributed by atoms with van der Waals surface area (Å²) in [5.41, 5.74) is 1.09. The Hall–Kier alpha value is -0.980. The Bertz CT molecular complexity index is 459. The molecule has 3 heteroatoms. The molecule has 2 aliphatic carbocycles. The van der Waals surface area contributed by atoms with Gasteiger partial charge in [0.05, 0.1) is 6.07 Å². The number of hydrogen-bond donors (Lipinski definition) is 1. The SMILES string of the molecule is N#CC(CSCc1ccccc1)(NC1CC1)C1CC1. The molecule has 0 amide bonds. The van der Waals surface area contributed by atoms with E-state index in [9.17, 15) is 5.26 Å². The molecule has 19 heavy (non-hydrogen) atoms. The maximum atomic E-state index is 9.63. The van der Waals surface area contributed by atoms with Crippen LogP contribution in [0.15, 0.2) is 30.3 Å². The predicted molar refractivity (Wildman–Crippen MR) is 79.8 cm³/mol. The molecule has 100 valence electrons. The lowest BCUT2D eigenvalue weighted by Gasteiger charge is -2.28. The molecule has 2 fully saturated rings. The van der Waals surface area contributed by atoms with Crippen molar-refractivity contribution in [3.05, 3.63) is 35.9 Å². The van der Waals surface area contributed by atoms with Crippen molar-refractivity contribution in [2.75, 3.05) is 5.75 Å². The third kappa shape index (κ3) is 3.32. The van der Waals surface area contributed by atoms with E-state index in [1.165, 1.54) is 31.2 Å². The number of nitriles is 1. The van der Waals surface area contributed by atoms with Gasteiger partial charge in [-0.05, 0) is 37.2 Å². The van der Waals surface area contributed by atoms with Crippen LogP contribution < -0.4 is 5.32 Å². The summed E-state index contributed by atoms with van der Waals surface area (Å²) in [6, 6.07) is 13.7. The number of hydrogen-bond acceptors (Lipinski definition) is 3. The molecule has 0 bridgehead atoms. The van der Waals surface area contributed by atoms with Crippen LogP contribution in [-0.2, 0) is 5.75 Å². The van der Waals surface area contributed by atoms with Gasteiger partial charge in [0.1, 0.15) is 5.54 Å². The molecule has 1 atom stereocenters. The van der Waals surface area contributed by atoms with Crippen molar-refractivity contribution in [1.29, 1.82) is 5.26 Å². The lowest BCUT2D eigenvalue weighted by Crippen LogP contribution is -2.49. The van der Waals surface area contributed by atoms with Crippen molar-refractivity contribution in [2.24, 2.45) is 5.92 Å². The van der Waals surface area contributed by atoms with Gasteiger partial charge in [0, 0.05) is 17.5 Å². The van der Waals surface area contributed by atoms with Crippen molar-refractivity contribution in [3.8, 4) is 6.07 Å². The Balaban J connectivity index is 1.57. The van der Waals surface area contributed by atoms with Gasteiger partial charge in [-0.2, -0.15) is 17.0 Å². The van der Waals surface area contributed by atoms with E-state index in [2.05, 4.69) is 35.7 Å². The molecule has 0 spiro atoms. The first-order valence-corrected chi connectivity index (χ1v) is 8.28. The summed E-state index contributed by atoms with van der Waals surface area (Å²) in [6.45, 7) is 0. The van der Waals surface area contributed by atoms with Gasteiger partial charge in [0.15, 0.2) is 0 Å². The van der Waals surface area contributed by atoms with E-state index in [1.54, 1.807) is 0 Å². The van der Waals surface area contributed by atoms with Gasteiger partial charge in [0.25, 0.3) is 0 Å². The molecule has 0 aromatic heterocycles. The van der Waals surface area contributed by atoms with E-state index in [0.29, 0.717) is 12.0 Å². The molecule has 1 unspecified atom stereocenters. The number of nitrogens with one attached hydrogen (secondary N) is 1. The second kappa shape index (κ2) is 5.56. The van der Waals surface area contributed by atoms with E-state index in [1.807, 2.05) is 17.8 Å². The largest absolute Gasteiger partial charge is 0.296 e. The minimum Gasteiger partial charge on any atom is -0.296 e. The van der Waals surface area contributed by atoms with E-state index in [0.717, 1.165) is 11.5 Å². The van der Waals surface area contributed by atoms with Gasteiger partial charge < -0.3 is 0 Å². The van der Waals surface area contributed by atoms with Gasteiger partial charge in [-0.15, -0.1) is 0 Å². The standard InChI is InChI=1S/C16H20N2S/c17-11-16(14-6-7-14,18-15-8-9-15)12-19-10-13-4-2-1-3-5-13/h1-5,14-15,18H,6-10,12H2. The molecule has 0 saturated heterocycles. The summed E-state index contributed by atoms with van der Waals surface area (Å²) in [6.07, 6.45) is 4.94. The van der Waals surface area contributed by atoms with Gasteiger partial charge in [-0.25, -0.2) is 0 Å². The van der Waals surface area contributed by atoms with Gasteiger partial charge in [0.2, 0.25) is 0 Å². The zero-order chi connectivity index (χ0) is 13.1. The molecule has 1 N–H and O–H groups in total. The van der Waals surface area contributed by atoms with Crippen molar-refractivity contribution >= 4 is 11.8 Å². The quantitative estimate of drug-likeness (QED) is 0.827. The van der Waals surface area contributed by atoms with Crippen LogP contribution in [-0.4, -0.2) is 17.3 Å². The molecular weight excluding hydrogens is 252 g/mol. The lowest BCUT2D eigenvalue weighted by atomic mass is 9.97. The maximum Gasteiger partial charge on any atom is 0.118 e. The molecule has 0 aliphatic heterocycles. The summed E-state index contributed by atoms with van der Waals surface area (Å²) in [7, 11) is 0. The molecule has 1 aromatic rings. The van der Waals surface area contributed by atoms with E-state index < -0.39 is 0 Å². The van der Waals surface area contributed by atoms with Crippen LogP contribution >= 0.6 is 11.8 Å². The highest BCUT2D eigenvalue weighted by atomic mass is 32.2. The average molecular weight is 272 g/mol. The first-order valence-electron chi connectivity index (χ1n) is 7.13. The fraction of sp³-hybridized carbons (Fsp3) is 0.562. The summed E-state index contributed by atoms with van der Waals surface area (Å²) in [5.74, 6) is 2.50. The second-order valence-electron chi connectivity index (χ2n) is 5.75. The second-order valence-corrected chi connectivity index (χ2v) is 6.74.